The van der Waals surface area contributed by atoms with Gasteiger partial charge in [0.15, 0.2) is 6.61 Å². The average molecular weight is 288 g/mol. The van der Waals surface area contributed by atoms with Gasteiger partial charge in [0.25, 0.3) is 5.91 Å². The second kappa shape index (κ2) is 11.2. The molecule has 116 valence electrons. The Hall–Kier alpha value is -1.63. The van der Waals surface area contributed by atoms with E-state index in [1.807, 2.05) is 6.92 Å². The van der Waals surface area contributed by atoms with E-state index in [9.17, 15) is 14.4 Å². The van der Waals surface area contributed by atoms with Gasteiger partial charge in [-0.05, 0) is 6.42 Å². The minimum atomic E-state index is -0.429. The van der Waals surface area contributed by atoms with Crippen LogP contribution in [0.15, 0.2) is 0 Å². The van der Waals surface area contributed by atoms with Crippen molar-refractivity contribution in [2.75, 3.05) is 32.9 Å². The van der Waals surface area contributed by atoms with Gasteiger partial charge in [-0.2, -0.15) is 0 Å². The predicted octanol–water partition coefficient (Wildman–Crippen LogP) is 0.0702. The van der Waals surface area contributed by atoms with Crippen LogP contribution < -0.4 is 5.73 Å². The highest BCUT2D eigenvalue weighted by atomic mass is 16.5. The van der Waals surface area contributed by atoms with Gasteiger partial charge in [0.1, 0.15) is 0 Å². The highest BCUT2D eigenvalue weighted by molar-refractivity contribution is 5.80. The van der Waals surface area contributed by atoms with Crippen molar-refractivity contribution in [1.29, 1.82) is 0 Å². The molecule has 20 heavy (non-hydrogen) atoms. The van der Waals surface area contributed by atoms with Crippen LogP contribution in [0.25, 0.3) is 0 Å². The number of amides is 2. The molecule has 0 aromatic carbocycles. The Labute approximate surface area is 119 Å². The summed E-state index contributed by atoms with van der Waals surface area (Å²) in [6.07, 6.45) is 2.51. The molecule has 0 saturated carbocycles. The van der Waals surface area contributed by atoms with Crippen molar-refractivity contribution in [2.45, 2.75) is 33.1 Å². The van der Waals surface area contributed by atoms with Gasteiger partial charge < -0.3 is 20.1 Å². The fourth-order valence-corrected chi connectivity index (χ4v) is 1.42. The van der Waals surface area contributed by atoms with Gasteiger partial charge in [0.2, 0.25) is 5.91 Å². The second-order valence-electron chi connectivity index (χ2n) is 4.34. The summed E-state index contributed by atoms with van der Waals surface area (Å²) in [7, 11) is 0. The SMILES string of the molecule is CC(=O)OCC(=O)N1CCOCC1.CCCCC(N)=O. The summed E-state index contributed by atoms with van der Waals surface area (Å²) in [5.41, 5.74) is 4.84. The molecule has 1 aliphatic heterocycles. The lowest BCUT2D eigenvalue weighted by molar-refractivity contribution is -0.152. The largest absolute Gasteiger partial charge is 0.456 e. The molecule has 1 rings (SSSR count). The average Bonchev–Trinajstić information content (AvgIpc) is 2.44. The molecule has 0 unspecified atom stereocenters. The van der Waals surface area contributed by atoms with Crippen molar-refractivity contribution in [3.8, 4) is 0 Å². The maximum Gasteiger partial charge on any atom is 0.303 e. The third-order valence-corrected chi connectivity index (χ3v) is 2.54. The first-order valence-corrected chi connectivity index (χ1v) is 6.74. The molecule has 0 spiro atoms. The van der Waals surface area contributed by atoms with E-state index in [4.69, 9.17) is 10.5 Å². The molecule has 0 aliphatic carbocycles. The molecule has 0 radical (unpaired) electrons. The maximum atomic E-state index is 11.3. The van der Waals surface area contributed by atoms with Crippen molar-refractivity contribution >= 4 is 17.8 Å². The summed E-state index contributed by atoms with van der Waals surface area (Å²) < 4.78 is 9.66. The number of unbranched alkanes of at least 4 members (excludes halogenated alkanes) is 1. The molecule has 7 heteroatoms. The lowest BCUT2D eigenvalue weighted by Crippen LogP contribution is -2.42. The highest BCUT2D eigenvalue weighted by Crippen LogP contribution is 1.97. The van der Waals surface area contributed by atoms with Crippen molar-refractivity contribution in [3.05, 3.63) is 0 Å². The number of ether oxygens (including phenoxy) is 2. The number of carbonyl (C=O) groups is 3. The Morgan fingerprint density at radius 3 is 2.25 bits per heavy atom. The van der Waals surface area contributed by atoms with Crippen LogP contribution in [0.1, 0.15) is 33.1 Å². The summed E-state index contributed by atoms with van der Waals surface area (Å²) in [5.74, 6) is -0.776. The number of hydrogen-bond acceptors (Lipinski definition) is 5. The molecular formula is C13H24N2O5. The zero-order chi connectivity index (χ0) is 15.4. The molecule has 7 nitrogen and oxygen atoms in total. The van der Waals surface area contributed by atoms with Crippen LogP contribution >= 0.6 is 0 Å². The number of nitrogens with two attached hydrogens (primary N) is 1. The van der Waals surface area contributed by atoms with E-state index in [1.165, 1.54) is 6.92 Å². The monoisotopic (exact) mass is 288 g/mol. The first kappa shape index (κ1) is 18.4. The van der Waals surface area contributed by atoms with E-state index in [2.05, 4.69) is 4.74 Å². The standard InChI is InChI=1S/C8H13NO4.C5H11NO/c1-7(10)13-6-8(11)9-2-4-12-5-3-9;1-2-3-4-5(6)7/h2-6H2,1H3;2-4H2,1H3,(H2,6,7). The molecule has 1 saturated heterocycles. The van der Waals surface area contributed by atoms with Crippen LogP contribution in [0, 0.1) is 0 Å². The normalized spacial score (nSPS) is 14.0. The summed E-state index contributed by atoms with van der Waals surface area (Å²) in [4.78, 5) is 33.3. The lowest BCUT2D eigenvalue weighted by atomic mass is 10.2. The molecule has 0 aromatic heterocycles. The molecule has 1 heterocycles. The molecule has 0 atom stereocenters. The Bertz CT molecular complexity index is 314. The molecule has 1 aliphatic rings. The van der Waals surface area contributed by atoms with Gasteiger partial charge >= 0.3 is 5.97 Å². The van der Waals surface area contributed by atoms with Gasteiger partial charge in [-0.1, -0.05) is 13.3 Å². The summed E-state index contributed by atoms with van der Waals surface area (Å²) >= 11 is 0. The fraction of sp³-hybridized carbons (Fsp3) is 0.769. The number of rotatable bonds is 5. The zero-order valence-corrected chi connectivity index (χ0v) is 12.2. The molecular weight excluding hydrogens is 264 g/mol. The number of esters is 1. The van der Waals surface area contributed by atoms with Crippen LogP contribution in [0.4, 0.5) is 0 Å². The van der Waals surface area contributed by atoms with E-state index in [0.29, 0.717) is 32.7 Å². The summed E-state index contributed by atoms with van der Waals surface area (Å²) in [5, 5.41) is 0. The first-order chi connectivity index (χ1) is 9.47. The van der Waals surface area contributed by atoms with Crippen molar-refractivity contribution < 1.29 is 23.9 Å². The van der Waals surface area contributed by atoms with Gasteiger partial charge in [0, 0.05) is 26.4 Å². The van der Waals surface area contributed by atoms with Gasteiger partial charge in [-0.3, -0.25) is 14.4 Å². The highest BCUT2D eigenvalue weighted by Gasteiger charge is 2.17. The third-order valence-electron chi connectivity index (χ3n) is 2.54. The van der Waals surface area contributed by atoms with Crippen LogP contribution in [0.2, 0.25) is 0 Å². The minimum Gasteiger partial charge on any atom is -0.456 e. The van der Waals surface area contributed by atoms with Gasteiger partial charge in [0.05, 0.1) is 13.2 Å². The smallest absolute Gasteiger partial charge is 0.303 e. The topological polar surface area (TPSA) is 98.9 Å². The number of morpholine rings is 1. The summed E-state index contributed by atoms with van der Waals surface area (Å²) in [6, 6.07) is 0. The number of primary amides is 1. The molecule has 0 bridgehead atoms. The fourth-order valence-electron chi connectivity index (χ4n) is 1.42. The molecule has 2 N–H and O–H groups in total. The molecule has 2 amide bonds. The molecule has 0 aromatic rings. The van der Waals surface area contributed by atoms with Gasteiger partial charge in [-0.25, -0.2) is 0 Å². The maximum absolute atomic E-state index is 11.3. The Kier molecular flexibility index (Phi) is 10.3. The minimum absolute atomic E-state index is 0.154. The Balaban J connectivity index is 0.000000441. The van der Waals surface area contributed by atoms with Crippen molar-refractivity contribution in [3.63, 3.8) is 0 Å². The van der Waals surface area contributed by atoms with Crippen molar-refractivity contribution in [1.82, 2.24) is 4.90 Å². The number of nitrogens with zero attached hydrogens (tertiary/aromatic N) is 1. The molecule has 1 fully saturated rings. The van der Waals surface area contributed by atoms with E-state index < -0.39 is 5.97 Å². The van der Waals surface area contributed by atoms with Gasteiger partial charge in [-0.15, -0.1) is 0 Å². The van der Waals surface area contributed by atoms with E-state index >= 15 is 0 Å². The summed E-state index contributed by atoms with van der Waals surface area (Å²) in [6.45, 7) is 5.45. The van der Waals surface area contributed by atoms with Crippen LogP contribution in [-0.2, 0) is 23.9 Å². The van der Waals surface area contributed by atoms with E-state index in [0.717, 1.165) is 12.8 Å². The number of hydrogen-bond donors (Lipinski definition) is 1. The first-order valence-electron chi connectivity index (χ1n) is 6.74. The predicted molar refractivity (Wildman–Crippen MR) is 72.8 cm³/mol. The Morgan fingerprint density at radius 2 is 1.85 bits per heavy atom. The van der Waals surface area contributed by atoms with E-state index in [1.54, 1.807) is 4.90 Å². The van der Waals surface area contributed by atoms with Crippen LogP contribution in [0.3, 0.4) is 0 Å². The van der Waals surface area contributed by atoms with Crippen LogP contribution in [0.5, 0.6) is 0 Å². The Morgan fingerprint density at radius 1 is 1.25 bits per heavy atom. The van der Waals surface area contributed by atoms with E-state index in [-0.39, 0.29) is 18.4 Å². The lowest BCUT2D eigenvalue weighted by Gasteiger charge is -2.26. The zero-order valence-electron chi connectivity index (χ0n) is 12.2. The number of carbonyl (C=O) groups excluding carboxylic acids is 3. The third kappa shape index (κ3) is 10.3. The van der Waals surface area contributed by atoms with Crippen LogP contribution in [-0.4, -0.2) is 55.6 Å². The van der Waals surface area contributed by atoms with Crippen molar-refractivity contribution in [2.24, 2.45) is 5.73 Å². The second-order valence-corrected chi connectivity index (χ2v) is 4.34. The quantitative estimate of drug-likeness (QED) is 0.722.